The van der Waals surface area contributed by atoms with E-state index in [1.165, 1.54) is 4.90 Å². The highest BCUT2D eigenvalue weighted by molar-refractivity contribution is 7.93. The zero-order valence-corrected chi connectivity index (χ0v) is 15.5. The Labute approximate surface area is 148 Å². The van der Waals surface area contributed by atoms with Crippen molar-refractivity contribution in [1.29, 1.82) is 0 Å². The maximum atomic E-state index is 13.4. The van der Waals surface area contributed by atoms with Gasteiger partial charge in [-0.05, 0) is 49.9 Å². The lowest BCUT2D eigenvalue weighted by Gasteiger charge is -2.35. The summed E-state index contributed by atoms with van der Waals surface area (Å²) in [4.78, 5) is 26.5. The largest absolute Gasteiger partial charge is 0.353 e. The lowest BCUT2D eigenvalue weighted by molar-refractivity contribution is -0.140. The molecule has 0 radical (unpaired) electrons. The fraction of sp³-hybridized carbons (Fsp3) is 0.556. The normalized spacial score (nSPS) is 20.4. The van der Waals surface area contributed by atoms with E-state index in [0.717, 1.165) is 11.1 Å². The van der Waals surface area contributed by atoms with Crippen molar-refractivity contribution in [3.63, 3.8) is 0 Å². The first-order valence-electron chi connectivity index (χ1n) is 8.66. The van der Waals surface area contributed by atoms with Gasteiger partial charge in [0.2, 0.25) is 11.8 Å². The van der Waals surface area contributed by atoms with Crippen LogP contribution in [0.3, 0.4) is 0 Å². The van der Waals surface area contributed by atoms with Gasteiger partial charge in [-0.2, -0.15) is 0 Å². The van der Waals surface area contributed by atoms with Crippen LogP contribution < -0.4 is 5.32 Å². The van der Waals surface area contributed by atoms with Gasteiger partial charge in [0.05, 0.1) is 11.4 Å². The van der Waals surface area contributed by atoms with Gasteiger partial charge >= 0.3 is 0 Å². The molecule has 2 fully saturated rings. The number of nitrogens with zero attached hydrogens (tertiary/aromatic N) is 1. The van der Waals surface area contributed by atoms with E-state index < -0.39 is 20.5 Å². The Morgan fingerprint density at radius 1 is 1.16 bits per heavy atom. The summed E-state index contributed by atoms with van der Waals surface area (Å²) < 4.78 is 25.4. The Morgan fingerprint density at radius 3 is 2.44 bits per heavy atom. The zero-order chi connectivity index (χ0) is 18.2. The molecule has 1 aliphatic heterocycles. The predicted octanol–water partition coefficient (Wildman–Crippen LogP) is 1.35. The minimum Gasteiger partial charge on any atom is -0.353 e. The second kappa shape index (κ2) is 6.44. The van der Waals surface area contributed by atoms with Crippen molar-refractivity contribution in [3.8, 4) is 0 Å². The van der Waals surface area contributed by atoms with E-state index in [2.05, 4.69) is 5.32 Å². The summed E-state index contributed by atoms with van der Waals surface area (Å²) in [7, 11) is -3.83. The van der Waals surface area contributed by atoms with E-state index in [1.54, 1.807) is 18.2 Å². The summed E-state index contributed by atoms with van der Waals surface area (Å²) >= 11 is 0. The van der Waals surface area contributed by atoms with Crippen molar-refractivity contribution in [1.82, 2.24) is 10.2 Å². The van der Waals surface area contributed by atoms with E-state index in [4.69, 9.17) is 0 Å². The van der Waals surface area contributed by atoms with Crippen LogP contribution in [0.1, 0.15) is 36.8 Å². The van der Waals surface area contributed by atoms with Gasteiger partial charge in [-0.25, -0.2) is 8.42 Å². The van der Waals surface area contributed by atoms with Crippen molar-refractivity contribution >= 4 is 21.7 Å². The molecule has 1 aromatic carbocycles. The summed E-state index contributed by atoms with van der Waals surface area (Å²) in [5.41, 5.74) is 1.90. The molecule has 0 atom stereocenters. The van der Waals surface area contributed by atoms with Gasteiger partial charge in [-0.3, -0.25) is 9.59 Å². The van der Waals surface area contributed by atoms with Crippen molar-refractivity contribution in [2.24, 2.45) is 0 Å². The lowest BCUT2D eigenvalue weighted by atomic mass is 10.0. The van der Waals surface area contributed by atoms with E-state index >= 15 is 0 Å². The minimum absolute atomic E-state index is 0.0664. The van der Waals surface area contributed by atoms with E-state index in [0.29, 0.717) is 38.8 Å². The number of rotatable bonds is 3. The van der Waals surface area contributed by atoms with Crippen molar-refractivity contribution in [3.05, 3.63) is 29.3 Å². The maximum Gasteiger partial charge on any atom is 0.244 e. The molecule has 1 saturated carbocycles. The van der Waals surface area contributed by atoms with Crippen LogP contribution in [0.2, 0.25) is 0 Å². The molecule has 0 aromatic heterocycles. The highest BCUT2D eigenvalue weighted by Gasteiger charge is 2.54. The monoisotopic (exact) mass is 364 g/mol. The van der Waals surface area contributed by atoms with Crippen LogP contribution in [0, 0.1) is 13.8 Å². The maximum absolute atomic E-state index is 13.4. The van der Waals surface area contributed by atoms with Gasteiger partial charge in [-0.1, -0.05) is 18.9 Å². The van der Waals surface area contributed by atoms with Gasteiger partial charge in [0, 0.05) is 13.1 Å². The molecule has 1 saturated heterocycles. The zero-order valence-electron chi connectivity index (χ0n) is 14.7. The number of hydrogen-bond donors (Lipinski definition) is 1. The van der Waals surface area contributed by atoms with Gasteiger partial charge in [0.25, 0.3) is 0 Å². The third-order valence-electron chi connectivity index (χ3n) is 5.43. The minimum atomic E-state index is -3.83. The molecular weight excluding hydrogens is 340 g/mol. The number of piperazine rings is 1. The van der Waals surface area contributed by atoms with Crippen molar-refractivity contribution < 1.29 is 18.0 Å². The number of nitrogens with one attached hydrogen (secondary N) is 1. The first kappa shape index (κ1) is 17.9. The number of carbonyl (C=O) groups is 2. The molecule has 0 spiro atoms. The number of aryl methyl sites for hydroxylation is 2. The Kier molecular flexibility index (Phi) is 4.62. The fourth-order valence-corrected chi connectivity index (χ4v) is 5.97. The molecule has 1 aromatic rings. The average Bonchev–Trinajstić information content (AvgIpc) is 3.08. The summed E-state index contributed by atoms with van der Waals surface area (Å²) in [6, 6.07) is 5.03. The van der Waals surface area contributed by atoms with Crippen LogP contribution in [-0.4, -0.2) is 49.5 Å². The molecule has 6 nitrogen and oxygen atoms in total. The molecule has 1 aliphatic carbocycles. The Balaban J connectivity index is 2.03. The molecule has 0 unspecified atom stereocenters. The second-order valence-electron chi connectivity index (χ2n) is 7.03. The number of sulfone groups is 1. The highest BCUT2D eigenvalue weighted by atomic mass is 32.2. The van der Waals surface area contributed by atoms with E-state index in [9.17, 15) is 18.0 Å². The Morgan fingerprint density at radius 2 is 1.84 bits per heavy atom. The van der Waals surface area contributed by atoms with Crippen LogP contribution in [0.4, 0.5) is 0 Å². The summed E-state index contributed by atoms with van der Waals surface area (Å²) in [6.07, 6.45) is 2.05. The Hall–Kier alpha value is -1.89. The quantitative estimate of drug-likeness (QED) is 0.877. The molecule has 0 bridgehead atoms. The molecule has 2 amide bonds. The Bertz CT molecular complexity index is 810. The first-order valence-corrected chi connectivity index (χ1v) is 10.1. The van der Waals surface area contributed by atoms with Gasteiger partial charge in [0.1, 0.15) is 0 Å². The van der Waals surface area contributed by atoms with Crippen LogP contribution in [0.5, 0.6) is 0 Å². The average molecular weight is 364 g/mol. The third-order valence-corrected chi connectivity index (χ3v) is 7.92. The van der Waals surface area contributed by atoms with Crippen LogP contribution in [0.15, 0.2) is 23.1 Å². The molecule has 7 heteroatoms. The van der Waals surface area contributed by atoms with Gasteiger partial charge < -0.3 is 10.2 Å². The summed E-state index contributed by atoms with van der Waals surface area (Å²) in [5, 5.41) is 2.67. The van der Waals surface area contributed by atoms with E-state index in [1.807, 2.05) is 13.8 Å². The smallest absolute Gasteiger partial charge is 0.244 e. The van der Waals surface area contributed by atoms with Crippen LogP contribution in [0.25, 0.3) is 0 Å². The SMILES string of the molecule is Cc1ccc(S(=O)(=O)C2(C(=O)N3CCNC(=O)C3)CCCC2)cc1C. The second-order valence-corrected chi connectivity index (χ2v) is 9.29. The fourth-order valence-electron chi connectivity index (χ4n) is 3.75. The predicted molar refractivity (Wildman–Crippen MR) is 93.9 cm³/mol. The number of hydrogen-bond acceptors (Lipinski definition) is 4. The van der Waals surface area contributed by atoms with Crippen molar-refractivity contribution in [2.45, 2.75) is 49.2 Å². The van der Waals surface area contributed by atoms with Crippen LogP contribution in [-0.2, 0) is 19.4 Å². The van der Waals surface area contributed by atoms with Gasteiger partial charge in [0.15, 0.2) is 14.6 Å². The topological polar surface area (TPSA) is 83.6 Å². The highest BCUT2D eigenvalue weighted by Crippen LogP contribution is 2.42. The van der Waals surface area contributed by atoms with Crippen LogP contribution >= 0.6 is 0 Å². The molecule has 1 heterocycles. The summed E-state index contributed by atoms with van der Waals surface area (Å²) in [6.45, 7) is 4.45. The number of benzene rings is 1. The summed E-state index contributed by atoms with van der Waals surface area (Å²) in [5.74, 6) is -0.658. The first-order chi connectivity index (χ1) is 11.8. The molecule has 3 rings (SSSR count). The molecule has 136 valence electrons. The molecular formula is C18H24N2O4S. The number of amides is 2. The molecule has 2 aliphatic rings. The molecule has 1 N–H and O–H groups in total. The van der Waals surface area contributed by atoms with Crippen molar-refractivity contribution in [2.75, 3.05) is 19.6 Å². The number of carbonyl (C=O) groups excluding carboxylic acids is 2. The molecule has 25 heavy (non-hydrogen) atoms. The standard InChI is InChI=1S/C18H24N2O4S/c1-13-5-6-15(11-14(13)2)25(23,24)18(7-3-4-8-18)17(22)20-10-9-19-16(21)12-20/h5-6,11H,3-4,7-10,12H2,1-2H3,(H,19,21). The van der Waals surface area contributed by atoms with Gasteiger partial charge in [-0.15, -0.1) is 0 Å². The lowest BCUT2D eigenvalue weighted by Crippen LogP contribution is -2.58. The third kappa shape index (κ3) is 2.94. The van der Waals surface area contributed by atoms with E-state index in [-0.39, 0.29) is 17.3 Å².